The van der Waals surface area contributed by atoms with Crippen molar-refractivity contribution in [1.29, 1.82) is 0 Å². The van der Waals surface area contributed by atoms with Gasteiger partial charge >= 0.3 is 5.97 Å². The number of thiazole rings is 1. The van der Waals surface area contributed by atoms with Gasteiger partial charge in [-0.15, -0.1) is 23.1 Å². The van der Waals surface area contributed by atoms with E-state index in [-0.39, 0.29) is 18.8 Å². The van der Waals surface area contributed by atoms with Crippen LogP contribution in [0.5, 0.6) is 5.75 Å². The summed E-state index contributed by atoms with van der Waals surface area (Å²) in [6.45, 7) is -0.299. The third-order valence-corrected chi connectivity index (χ3v) is 7.58. The summed E-state index contributed by atoms with van der Waals surface area (Å²) in [6.07, 6.45) is 7.01. The van der Waals surface area contributed by atoms with Crippen LogP contribution in [-0.4, -0.2) is 49.1 Å². The Morgan fingerprint density at radius 1 is 1.12 bits per heavy atom. The number of pyridine rings is 1. The van der Waals surface area contributed by atoms with E-state index < -0.39 is 30.1 Å². The maximum Gasteiger partial charge on any atom is 0.323 e. The van der Waals surface area contributed by atoms with Gasteiger partial charge in [0.25, 0.3) is 5.91 Å². The normalized spacial score (nSPS) is 11.1. The first-order chi connectivity index (χ1) is 19.3. The van der Waals surface area contributed by atoms with Gasteiger partial charge in [0.05, 0.1) is 0 Å². The molecule has 12 heteroatoms. The van der Waals surface area contributed by atoms with Crippen LogP contribution in [0.4, 0.5) is 8.78 Å². The summed E-state index contributed by atoms with van der Waals surface area (Å²) < 4.78 is 35.0. The van der Waals surface area contributed by atoms with E-state index in [0.717, 1.165) is 11.2 Å². The van der Waals surface area contributed by atoms with Gasteiger partial charge < -0.3 is 19.1 Å². The molecular formula is C28H22F2N4O4S2. The number of carbonyl (C=O) groups is 2. The molecule has 0 unspecified atom stereocenters. The third-order valence-electron chi connectivity index (χ3n) is 5.98. The lowest BCUT2D eigenvalue weighted by molar-refractivity contribution is -0.137. The zero-order chi connectivity index (χ0) is 28.2. The lowest BCUT2D eigenvalue weighted by Gasteiger charge is -2.20. The number of thioether (sulfide) groups is 1. The molecule has 0 fully saturated rings. The van der Waals surface area contributed by atoms with Gasteiger partial charge in [-0.1, -0.05) is 18.2 Å². The number of hydrogen-bond acceptors (Lipinski definition) is 7. The summed E-state index contributed by atoms with van der Waals surface area (Å²) in [4.78, 5) is 35.0. The maximum absolute atomic E-state index is 13.8. The number of hydrogen-bond donors (Lipinski definition) is 1. The van der Waals surface area contributed by atoms with Gasteiger partial charge in [-0.3, -0.25) is 9.59 Å². The Bertz CT molecular complexity index is 1690. The van der Waals surface area contributed by atoms with Crippen molar-refractivity contribution in [3.8, 4) is 16.9 Å². The second-order valence-corrected chi connectivity index (χ2v) is 10.5. The molecule has 5 aromatic rings. The molecule has 0 aliphatic heterocycles. The molecule has 0 spiro atoms. The fraction of sp³-hybridized carbons (Fsp3) is 0.143. The summed E-state index contributed by atoms with van der Waals surface area (Å²) >= 11 is 2.55. The Hall–Kier alpha value is -4.29. The third kappa shape index (κ3) is 6.13. The Kier molecular flexibility index (Phi) is 8.08. The van der Waals surface area contributed by atoms with Crippen molar-refractivity contribution in [3.63, 3.8) is 0 Å². The van der Waals surface area contributed by atoms with E-state index in [0.29, 0.717) is 26.8 Å². The van der Waals surface area contributed by atoms with E-state index in [1.165, 1.54) is 40.1 Å². The molecule has 1 N–H and O–H groups in total. The fourth-order valence-corrected chi connectivity index (χ4v) is 5.38. The maximum atomic E-state index is 13.8. The van der Waals surface area contributed by atoms with Gasteiger partial charge in [-0.2, -0.15) is 0 Å². The Morgan fingerprint density at radius 3 is 2.65 bits per heavy atom. The van der Waals surface area contributed by atoms with Crippen molar-refractivity contribution in [2.24, 2.45) is 0 Å². The predicted octanol–water partition coefficient (Wildman–Crippen LogP) is 5.76. The number of carbonyl (C=O) groups excluding carboxylic acids is 1. The lowest BCUT2D eigenvalue weighted by atomic mass is 10.1. The number of carboxylic acids is 1. The molecule has 204 valence electrons. The molecular weight excluding hydrogens is 558 g/mol. The molecule has 1 amide bonds. The zero-order valence-electron chi connectivity index (χ0n) is 21.1. The van der Waals surface area contributed by atoms with Gasteiger partial charge in [-0.05, 0) is 53.3 Å². The average molecular weight is 581 g/mol. The van der Waals surface area contributed by atoms with E-state index in [1.807, 2.05) is 0 Å². The van der Waals surface area contributed by atoms with Gasteiger partial charge in [0, 0.05) is 35.4 Å². The number of imidazole rings is 1. The summed E-state index contributed by atoms with van der Waals surface area (Å²) in [7, 11) is 0. The standard InChI is InChI=1S/C28H22F2N4O4S2/c1-39-24-11-22(30)21(29)10-20(24)18-3-5-19(6-4-18)38-15-26-32-23(16-40-26)28(37)34(14-27(35)36)13-17-2-7-25-31-8-9-33(25)12-17/h2-12,16H,13-15H2,1H3,(H,35,36). The largest absolute Gasteiger partial charge is 0.486 e. The van der Waals surface area contributed by atoms with Crippen LogP contribution in [0.2, 0.25) is 0 Å². The molecule has 3 aromatic heterocycles. The highest BCUT2D eigenvalue weighted by atomic mass is 32.2. The van der Waals surface area contributed by atoms with E-state index >= 15 is 0 Å². The highest BCUT2D eigenvalue weighted by molar-refractivity contribution is 7.98. The summed E-state index contributed by atoms with van der Waals surface area (Å²) in [5.41, 5.74) is 2.91. The van der Waals surface area contributed by atoms with Crippen LogP contribution < -0.4 is 4.74 Å². The number of halogens is 2. The van der Waals surface area contributed by atoms with Crippen LogP contribution in [0, 0.1) is 11.6 Å². The van der Waals surface area contributed by atoms with Gasteiger partial charge in [0.1, 0.15) is 35.2 Å². The van der Waals surface area contributed by atoms with Crippen molar-refractivity contribution in [1.82, 2.24) is 19.3 Å². The number of fused-ring (bicyclic) bond motifs is 1. The molecule has 2 aromatic carbocycles. The second kappa shape index (κ2) is 11.8. The number of benzene rings is 2. The lowest BCUT2D eigenvalue weighted by Crippen LogP contribution is -2.35. The first-order valence-corrected chi connectivity index (χ1v) is 14.0. The molecule has 0 atom stereocenters. The van der Waals surface area contributed by atoms with E-state index in [9.17, 15) is 23.5 Å². The molecule has 0 saturated carbocycles. The van der Waals surface area contributed by atoms with Crippen LogP contribution >= 0.6 is 23.1 Å². The first-order valence-electron chi connectivity index (χ1n) is 11.9. The summed E-state index contributed by atoms with van der Waals surface area (Å²) in [5, 5.41) is 11.5. The molecule has 3 heterocycles. The summed E-state index contributed by atoms with van der Waals surface area (Å²) in [5.74, 6) is -2.91. The molecule has 0 aliphatic carbocycles. The van der Waals surface area contributed by atoms with E-state index in [2.05, 4.69) is 9.97 Å². The van der Waals surface area contributed by atoms with Crippen molar-refractivity contribution in [3.05, 3.63) is 100 Å². The van der Waals surface area contributed by atoms with Gasteiger partial charge in [-0.25, -0.2) is 18.7 Å². The Morgan fingerprint density at radius 2 is 1.90 bits per heavy atom. The van der Waals surface area contributed by atoms with Crippen LogP contribution in [0.3, 0.4) is 0 Å². The monoisotopic (exact) mass is 580 g/mol. The number of rotatable bonds is 10. The van der Waals surface area contributed by atoms with Gasteiger partial charge in [0.2, 0.25) is 0 Å². The average Bonchev–Trinajstić information content (AvgIpc) is 3.62. The molecule has 8 nitrogen and oxygen atoms in total. The van der Waals surface area contributed by atoms with E-state index in [4.69, 9.17) is 4.74 Å². The number of aliphatic carboxylic acids is 1. The minimum absolute atomic E-state index is 0.0885. The van der Waals surface area contributed by atoms with E-state index in [1.54, 1.807) is 71.0 Å². The van der Waals surface area contributed by atoms with Crippen molar-refractivity contribution in [2.75, 3.05) is 12.8 Å². The Labute approximate surface area is 235 Å². The molecule has 0 radical (unpaired) electrons. The molecule has 40 heavy (non-hydrogen) atoms. The number of nitrogens with zero attached hydrogens (tertiary/aromatic N) is 4. The van der Waals surface area contributed by atoms with Crippen LogP contribution in [0.15, 0.2) is 77.4 Å². The van der Waals surface area contributed by atoms with Crippen LogP contribution in [-0.2, 0) is 17.9 Å². The SMILES string of the molecule is CSc1cc(F)c(F)cc1-c1ccc(OCc2nc(C(=O)N(CC(=O)O)Cc3ccc4nccn4c3)cs2)cc1. The predicted molar refractivity (Wildman–Crippen MR) is 148 cm³/mol. The van der Waals surface area contributed by atoms with Crippen LogP contribution in [0.1, 0.15) is 21.1 Å². The topological polar surface area (TPSA) is 97.0 Å². The number of ether oxygens (including phenoxy) is 1. The zero-order valence-corrected chi connectivity index (χ0v) is 22.7. The molecule has 0 bridgehead atoms. The number of aromatic nitrogens is 3. The minimum Gasteiger partial charge on any atom is -0.486 e. The minimum atomic E-state index is -1.13. The van der Waals surface area contributed by atoms with Crippen molar-refractivity contribution in [2.45, 2.75) is 18.0 Å². The molecule has 5 rings (SSSR count). The summed E-state index contributed by atoms with van der Waals surface area (Å²) in [6, 6.07) is 12.9. The highest BCUT2D eigenvalue weighted by Gasteiger charge is 2.22. The van der Waals surface area contributed by atoms with Crippen molar-refractivity contribution >= 4 is 40.6 Å². The first kappa shape index (κ1) is 27.3. The van der Waals surface area contributed by atoms with Gasteiger partial charge in [0.15, 0.2) is 11.6 Å². The molecule has 0 aliphatic rings. The second-order valence-electron chi connectivity index (χ2n) is 8.69. The number of amides is 1. The number of carboxylic acid groups (broad SMARTS) is 1. The fourth-order valence-electron chi connectivity index (χ4n) is 4.08. The smallest absolute Gasteiger partial charge is 0.323 e. The quantitative estimate of drug-likeness (QED) is 0.210. The van der Waals surface area contributed by atoms with Crippen molar-refractivity contribution < 1.29 is 28.2 Å². The Balaban J connectivity index is 1.25. The molecule has 0 saturated heterocycles. The highest BCUT2D eigenvalue weighted by Crippen LogP contribution is 2.33. The van der Waals surface area contributed by atoms with Crippen LogP contribution in [0.25, 0.3) is 16.8 Å².